The van der Waals surface area contributed by atoms with Crippen molar-refractivity contribution in [2.24, 2.45) is 0 Å². The predicted octanol–water partition coefficient (Wildman–Crippen LogP) is 4.65. The summed E-state index contributed by atoms with van der Waals surface area (Å²) in [7, 11) is 0. The smallest absolute Gasteiger partial charge is 0.408 e. The molecule has 2 aromatic carbocycles. The van der Waals surface area contributed by atoms with Gasteiger partial charge in [-0.15, -0.1) is 0 Å². The normalized spacial score (nSPS) is 16.6. The van der Waals surface area contributed by atoms with Crippen molar-refractivity contribution >= 4 is 29.7 Å². The van der Waals surface area contributed by atoms with E-state index in [2.05, 4.69) is 10.6 Å². The average molecular weight is 463 g/mol. The number of amides is 2. The molecule has 0 fully saturated rings. The second-order valence-electron chi connectivity index (χ2n) is 8.94. The highest BCUT2D eigenvalue weighted by Crippen LogP contribution is 2.20. The minimum atomic E-state index is -0.848. The van der Waals surface area contributed by atoms with Gasteiger partial charge in [0.25, 0.3) is 0 Å². The van der Waals surface area contributed by atoms with Crippen LogP contribution in [0.4, 0.5) is 10.5 Å². The molecule has 3 rings (SSSR count). The molecule has 34 heavy (non-hydrogen) atoms. The van der Waals surface area contributed by atoms with Crippen molar-refractivity contribution in [3.8, 4) is 0 Å². The number of alkyl carbamates (subject to hydrolysis) is 1. The lowest BCUT2D eigenvalue weighted by Crippen LogP contribution is -2.47. The highest BCUT2D eigenvalue weighted by Gasteiger charge is 2.25. The van der Waals surface area contributed by atoms with Gasteiger partial charge in [-0.25, -0.2) is 9.59 Å². The van der Waals surface area contributed by atoms with Crippen LogP contribution in [0.1, 0.15) is 38.3 Å². The number of esters is 1. The van der Waals surface area contributed by atoms with Crippen molar-refractivity contribution in [2.45, 2.75) is 51.4 Å². The number of cyclic esters (lactones) is 1. The number of para-hydroxylation sites is 1. The van der Waals surface area contributed by atoms with Gasteiger partial charge in [-0.3, -0.25) is 4.79 Å². The maximum absolute atomic E-state index is 13.2. The summed E-state index contributed by atoms with van der Waals surface area (Å²) >= 11 is 0. The quantitative estimate of drug-likeness (QED) is 0.585. The molecular formula is C27H30N2O5. The van der Waals surface area contributed by atoms with Crippen LogP contribution in [0.5, 0.6) is 0 Å². The molecule has 178 valence electrons. The molecule has 0 radical (unpaired) electrons. The standard InChI is InChI=1S/C27H30N2O5/c1-27(2,3)34-26(32)29-23(18-19-10-5-4-6-11-19)25(31)28-22-14-8-7-12-20(22)16-17-21-13-9-15-24(30)33-21/h4-12,14-17,21,23H,13,18H2,1-3H3,(H,28,31)(H,29,32)/b17-16+/t21-,23+/m1/s1. The van der Waals surface area contributed by atoms with E-state index in [4.69, 9.17) is 9.47 Å². The Labute approximate surface area is 199 Å². The summed E-state index contributed by atoms with van der Waals surface area (Å²) < 4.78 is 10.6. The fourth-order valence-electron chi connectivity index (χ4n) is 3.35. The lowest BCUT2D eigenvalue weighted by Gasteiger charge is -2.23. The molecule has 2 atom stereocenters. The number of ether oxygens (including phenoxy) is 2. The van der Waals surface area contributed by atoms with Crippen LogP contribution >= 0.6 is 0 Å². The minimum Gasteiger partial charge on any atom is -0.455 e. The van der Waals surface area contributed by atoms with E-state index in [-0.39, 0.29) is 18.0 Å². The molecular weight excluding hydrogens is 432 g/mol. The SMILES string of the molecule is CC(C)(C)OC(=O)N[C@@H](Cc1ccccc1)C(=O)Nc1ccccc1/C=C/[C@H]1CC=CC(=O)O1. The first-order valence-corrected chi connectivity index (χ1v) is 11.2. The number of hydrogen-bond donors (Lipinski definition) is 2. The van der Waals surface area contributed by atoms with Gasteiger partial charge in [0.15, 0.2) is 0 Å². The average Bonchev–Trinajstić information content (AvgIpc) is 2.77. The minimum absolute atomic E-state index is 0.300. The Kier molecular flexibility index (Phi) is 8.24. The molecule has 0 saturated carbocycles. The number of benzene rings is 2. The van der Waals surface area contributed by atoms with Crippen molar-refractivity contribution in [3.63, 3.8) is 0 Å². The summed E-state index contributed by atoms with van der Waals surface area (Å²) in [5, 5.41) is 5.61. The molecule has 2 aromatic rings. The van der Waals surface area contributed by atoms with Gasteiger partial charge in [-0.05, 0) is 44.0 Å². The van der Waals surface area contributed by atoms with E-state index < -0.39 is 17.7 Å². The second-order valence-corrected chi connectivity index (χ2v) is 8.94. The van der Waals surface area contributed by atoms with Crippen molar-refractivity contribution in [2.75, 3.05) is 5.32 Å². The van der Waals surface area contributed by atoms with Crippen LogP contribution < -0.4 is 10.6 Å². The summed E-state index contributed by atoms with van der Waals surface area (Å²) in [6, 6.07) is 15.9. The van der Waals surface area contributed by atoms with Crippen molar-refractivity contribution in [1.29, 1.82) is 0 Å². The van der Waals surface area contributed by atoms with E-state index in [0.717, 1.165) is 11.1 Å². The molecule has 0 bridgehead atoms. The van der Waals surface area contributed by atoms with Crippen LogP contribution in [-0.2, 0) is 25.5 Å². The van der Waals surface area contributed by atoms with E-state index in [9.17, 15) is 14.4 Å². The highest BCUT2D eigenvalue weighted by atomic mass is 16.6. The van der Waals surface area contributed by atoms with Gasteiger partial charge in [0.2, 0.25) is 5.91 Å². The Bertz CT molecular complexity index is 1070. The number of anilines is 1. The van der Waals surface area contributed by atoms with Crippen LogP contribution in [0.15, 0.2) is 72.8 Å². The lowest BCUT2D eigenvalue weighted by atomic mass is 10.0. The summed E-state index contributed by atoms with van der Waals surface area (Å²) in [6.45, 7) is 5.29. The molecule has 1 aliphatic rings. The zero-order valence-electron chi connectivity index (χ0n) is 19.6. The first-order chi connectivity index (χ1) is 16.2. The Hall–Kier alpha value is -3.87. The topological polar surface area (TPSA) is 93.7 Å². The molecule has 7 heteroatoms. The van der Waals surface area contributed by atoms with Gasteiger partial charge in [-0.2, -0.15) is 0 Å². The van der Waals surface area contributed by atoms with Crippen LogP contribution in [0.25, 0.3) is 6.08 Å². The number of carbonyl (C=O) groups excluding carboxylic acids is 3. The first kappa shape index (κ1) is 24.8. The predicted molar refractivity (Wildman–Crippen MR) is 131 cm³/mol. The van der Waals surface area contributed by atoms with Gasteiger partial charge in [0.05, 0.1) is 0 Å². The van der Waals surface area contributed by atoms with Gasteiger partial charge in [0, 0.05) is 24.6 Å². The second kappa shape index (κ2) is 11.3. The van der Waals surface area contributed by atoms with E-state index in [1.807, 2.05) is 48.5 Å². The molecule has 2 amide bonds. The summed E-state index contributed by atoms with van der Waals surface area (Å²) in [5.41, 5.74) is 1.54. The van der Waals surface area contributed by atoms with Crippen LogP contribution in [0, 0.1) is 0 Å². The van der Waals surface area contributed by atoms with Crippen molar-refractivity contribution in [1.82, 2.24) is 5.32 Å². The number of hydrogen-bond acceptors (Lipinski definition) is 5. The van der Waals surface area contributed by atoms with Crippen molar-refractivity contribution < 1.29 is 23.9 Å². The fourth-order valence-corrected chi connectivity index (χ4v) is 3.35. The van der Waals surface area contributed by atoms with Crippen LogP contribution in [-0.4, -0.2) is 35.7 Å². The molecule has 0 aliphatic carbocycles. The summed E-state index contributed by atoms with van der Waals surface area (Å²) in [6.07, 6.45) is 6.63. The third kappa shape index (κ3) is 7.92. The van der Waals surface area contributed by atoms with E-state index in [1.165, 1.54) is 6.08 Å². The highest BCUT2D eigenvalue weighted by molar-refractivity contribution is 5.98. The molecule has 2 N–H and O–H groups in total. The third-order valence-corrected chi connectivity index (χ3v) is 4.89. The van der Waals surface area contributed by atoms with Crippen LogP contribution in [0.3, 0.4) is 0 Å². The molecule has 0 aromatic heterocycles. The van der Waals surface area contributed by atoms with Gasteiger partial charge in [-0.1, -0.05) is 60.7 Å². The van der Waals surface area contributed by atoms with Crippen LogP contribution in [0.2, 0.25) is 0 Å². The molecule has 0 saturated heterocycles. The number of nitrogens with one attached hydrogen (secondary N) is 2. The largest absolute Gasteiger partial charge is 0.455 e. The third-order valence-electron chi connectivity index (χ3n) is 4.89. The van der Waals surface area contributed by atoms with Crippen molar-refractivity contribution in [3.05, 3.63) is 84.0 Å². The first-order valence-electron chi connectivity index (χ1n) is 11.2. The summed E-state index contributed by atoms with van der Waals surface area (Å²) in [4.78, 5) is 37.1. The fraction of sp³-hybridized carbons (Fsp3) is 0.296. The number of rotatable bonds is 7. The Balaban J connectivity index is 1.75. The molecule has 0 spiro atoms. The molecule has 0 unspecified atom stereocenters. The van der Waals surface area contributed by atoms with E-state index in [1.54, 1.807) is 45.1 Å². The maximum Gasteiger partial charge on any atom is 0.408 e. The Morgan fingerprint density at radius 1 is 1.12 bits per heavy atom. The molecule has 1 heterocycles. The maximum atomic E-state index is 13.2. The Morgan fingerprint density at radius 2 is 1.82 bits per heavy atom. The zero-order valence-corrected chi connectivity index (χ0v) is 19.6. The monoisotopic (exact) mass is 462 g/mol. The number of carbonyl (C=O) groups is 3. The lowest BCUT2D eigenvalue weighted by molar-refractivity contribution is -0.141. The zero-order chi connectivity index (χ0) is 24.6. The molecule has 1 aliphatic heterocycles. The molecule has 7 nitrogen and oxygen atoms in total. The van der Waals surface area contributed by atoms with E-state index in [0.29, 0.717) is 18.5 Å². The van der Waals surface area contributed by atoms with Gasteiger partial charge in [0.1, 0.15) is 17.7 Å². The van der Waals surface area contributed by atoms with E-state index >= 15 is 0 Å². The Morgan fingerprint density at radius 3 is 2.53 bits per heavy atom. The van der Waals surface area contributed by atoms with Gasteiger partial charge < -0.3 is 20.1 Å². The van der Waals surface area contributed by atoms with Gasteiger partial charge >= 0.3 is 12.1 Å². The summed E-state index contributed by atoms with van der Waals surface area (Å²) in [5.74, 6) is -0.748.